The second-order valence-corrected chi connectivity index (χ2v) is 4.16. The lowest BCUT2D eigenvalue weighted by atomic mass is 10.0. The van der Waals surface area contributed by atoms with E-state index in [0.29, 0.717) is 6.10 Å². The van der Waals surface area contributed by atoms with Crippen LogP contribution in [0, 0.1) is 5.92 Å². The molecule has 1 heterocycles. The van der Waals surface area contributed by atoms with Crippen LogP contribution in [0.2, 0.25) is 0 Å². The first-order valence-electron chi connectivity index (χ1n) is 5.47. The van der Waals surface area contributed by atoms with E-state index >= 15 is 0 Å². The van der Waals surface area contributed by atoms with E-state index in [0.717, 1.165) is 18.3 Å². The molecule has 0 bridgehead atoms. The summed E-state index contributed by atoms with van der Waals surface area (Å²) in [5.41, 5.74) is 0. The summed E-state index contributed by atoms with van der Waals surface area (Å²) < 4.78 is 4.78. The van der Waals surface area contributed by atoms with Crippen molar-refractivity contribution >= 4 is 12.6 Å². The molecule has 2 atom stereocenters. The fraction of sp³-hybridized carbons (Fsp3) is 1.00. The molecule has 0 radical (unpaired) electrons. The molecule has 0 aromatic rings. The van der Waals surface area contributed by atoms with Crippen molar-refractivity contribution < 1.29 is 4.74 Å². The van der Waals surface area contributed by atoms with Crippen molar-refractivity contribution in [3.05, 3.63) is 0 Å². The molecule has 1 nitrogen and oxygen atoms in total. The van der Waals surface area contributed by atoms with Gasteiger partial charge in [-0.05, 0) is 5.92 Å². The molecule has 1 fully saturated rings. The molecule has 2 heteroatoms. The molecule has 0 N–H and O–H groups in total. The zero-order valence-corrected chi connectivity index (χ0v) is 10.1. The Morgan fingerprint density at radius 2 is 2.08 bits per heavy atom. The standard InChI is InChI=1S/C8H18.C3H6OS/c1-4-6-7-8(3)5-2;5-2-3-1-4-3/h8H,4-7H2,1-3H3;3,5H,1-2H2. The Kier molecular flexibility index (Phi) is 9.10. The summed E-state index contributed by atoms with van der Waals surface area (Å²) in [5, 5.41) is 0. The number of hydrogen-bond donors (Lipinski definition) is 1. The molecule has 1 aliphatic rings. The Morgan fingerprint density at radius 3 is 2.31 bits per heavy atom. The van der Waals surface area contributed by atoms with E-state index in [-0.39, 0.29) is 0 Å². The van der Waals surface area contributed by atoms with Crippen LogP contribution in [0.3, 0.4) is 0 Å². The third-order valence-corrected chi connectivity index (χ3v) is 2.76. The van der Waals surface area contributed by atoms with E-state index in [1.807, 2.05) is 0 Å². The monoisotopic (exact) mass is 204 g/mol. The number of unbranched alkanes of at least 4 members (excludes halogenated alkanes) is 1. The predicted molar refractivity (Wildman–Crippen MR) is 62.6 cm³/mol. The van der Waals surface area contributed by atoms with Crippen molar-refractivity contribution in [2.24, 2.45) is 5.92 Å². The number of epoxide rings is 1. The van der Waals surface area contributed by atoms with Gasteiger partial charge in [-0.25, -0.2) is 0 Å². The van der Waals surface area contributed by atoms with E-state index in [1.165, 1.54) is 25.7 Å². The number of ether oxygens (including phenoxy) is 1. The van der Waals surface area contributed by atoms with E-state index in [2.05, 4.69) is 33.4 Å². The summed E-state index contributed by atoms with van der Waals surface area (Å²) in [7, 11) is 0. The van der Waals surface area contributed by atoms with Crippen LogP contribution < -0.4 is 0 Å². The minimum Gasteiger partial charge on any atom is -0.372 e. The van der Waals surface area contributed by atoms with Crippen molar-refractivity contribution in [3.8, 4) is 0 Å². The number of rotatable bonds is 5. The largest absolute Gasteiger partial charge is 0.372 e. The highest BCUT2D eigenvalue weighted by Gasteiger charge is 2.18. The molecule has 0 spiro atoms. The summed E-state index contributed by atoms with van der Waals surface area (Å²) in [6.45, 7) is 7.78. The van der Waals surface area contributed by atoms with Gasteiger partial charge < -0.3 is 4.74 Å². The summed E-state index contributed by atoms with van der Waals surface area (Å²) >= 11 is 3.95. The van der Waals surface area contributed by atoms with Gasteiger partial charge in [0, 0.05) is 5.75 Å². The molecular formula is C11H24OS. The predicted octanol–water partition coefficient (Wildman–Crippen LogP) is 3.54. The molecule has 0 aromatic heterocycles. The molecule has 0 aromatic carbocycles. The smallest absolute Gasteiger partial charge is 0.0897 e. The summed E-state index contributed by atoms with van der Waals surface area (Å²) in [5.74, 6) is 1.84. The van der Waals surface area contributed by atoms with Crippen LogP contribution >= 0.6 is 12.6 Å². The van der Waals surface area contributed by atoms with Crippen LogP contribution in [0.4, 0.5) is 0 Å². The van der Waals surface area contributed by atoms with Crippen LogP contribution in [0.5, 0.6) is 0 Å². The van der Waals surface area contributed by atoms with Gasteiger partial charge in [0.1, 0.15) is 0 Å². The highest BCUT2D eigenvalue weighted by molar-refractivity contribution is 7.80. The Hall–Kier alpha value is 0.310. The maximum atomic E-state index is 4.78. The third kappa shape index (κ3) is 10.2. The number of thiol groups is 1. The molecule has 80 valence electrons. The van der Waals surface area contributed by atoms with Crippen LogP contribution in [0.25, 0.3) is 0 Å². The van der Waals surface area contributed by atoms with E-state index in [4.69, 9.17) is 4.74 Å². The first kappa shape index (κ1) is 13.3. The molecule has 2 unspecified atom stereocenters. The first-order valence-corrected chi connectivity index (χ1v) is 6.10. The van der Waals surface area contributed by atoms with Crippen molar-refractivity contribution in [1.29, 1.82) is 0 Å². The SMILES string of the molecule is CCCCC(C)CC.SCC1CO1. The second kappa shape index (κ2) is 8.89. The summed E-state index contributed by atoms with van der Waals surface area (Å²) in [4.78, 5) is 0. The van der Waals surface area contributed by atoms with Crippen LogP contribution in [-0.4, -0.2) is 18.5 Å². The first-order chi connectivity index (χ1) is 6.24. The lowest BCUT2D eigenvalue weighted by molar-refractivity contribution is 0.426. The van der Waals surface area contributed by atoms with E-state index in [9.17, 15) is 0 Å². The average Bonchev–Trinajstić information content (AvgIpc) is 2.98. The lowest BCUT2D eigenvalue weighted by Gasteiger charge is -2.04. The fourth-order valence-electron chi connectivity index (χ4n) is 0.930. The van der Waals surface area contributed by atoms with Crippen molar-refractivity contribution in [2.75, 3.05) is 12.4 Å². The van der Waals surface area contributed by atoms with Gasteiger partial charge in [0.15, 0.2) is 0 Å². The summed E-state index contributed by atoms with van der Waals surface area (Å²) in [6.07, 6.45) is 6.03. The van der Waals surface area contributed by atoms with E-state index in [1.54, 1.807) is 0 Å². The zero-order chi connectivity index (χ0) is 10.1. The molecule has 0 amide bonds. The quantitative estimate of drug-likeness (QED) is 0.534. The number of hydrogen-bond acceptors (Lipinski definition) is 2. The Labute approximate surface area is 88.7 Å². The Balaban J connectivity index is 0.000000243. The zero-order valence-electron chi connectivity index (χ0n) is 9.25. The van der Waals surface area contributed by atoms with Gasteiger partial charge in [-0.15, -0.1) is 0 Å². The third-order valence-electron chi connectivity index (χ3n) is 2.35. The topological polar surface area (TPSA) is 12.5 Å². The molecule has 1 aliphatic heterocycles. The van der Waals surface area contributed by atoms with Gasteiger partial charge >= 0.3 is 0 Å². The van der Waals surface area contributed by atoms with Gasteiger partial charge in [0.2, 0.25) is 0 Å². The van der Waals surface area contributed by atoms with Gasteiger partial charge in [-0.2, -0.15) is 12.6 Å². The highest BCUT2D eigenvalue weighted by atomic mass is 32.1. The Morgan fingerprint density at radius 1 is 1.46 bits per heavy atom. The molecule has 1 saturated heterocycles. The van der Waals surface area contributed by atoms with Gasteiger partial charge in [-0.3, -0.25) is 0 Å². The second-order valence-electron chi connectivity index (χ2n) is 3.79. The molecular weight excluding hydrogens is 180 g/mol. The summed E-state index contributed by atoms with van der Waals surface area (Å²) in [6, 6.07) is 0. The van der Waals surface area contributed by atoms with Crippen LogP contribution in [0.1, 0.15) is 46.5 Å². The van der Waals surface area contributed by atoms with Crippen molar-refractivity contribution in [2.45, 2.75) is 52.6 Å². The van der Waals surface area contributed by atoms with Crippen molar-refractivity contribution in [3.63, 3.8) is 0 Å². The molecule has 0 aliphatic carbocycles. The van der Waals surface area contributed by atoms with E-state index < -0.39 is 0 Å². The highest BCUT2D eigenvalue weighted by Crippen LogP contribution is 2.09. The molecule has 1 rings (SSSR count). The lowest BCUT2D eigenvalue weighted by Crippen LogP contribution is -1.89. The Bertz CT molecular complexity index is 102. The van der Waals surface area contributed by atoms with Gasteiger partial charge in [0.05, 0.1) is 12.7 Å². The molecule has 13 heavy (non-hydrogen) atoms. The average molecular weight is 204 g/mol. The maximum absolute atomic E-state index is 4.78. The van der Waals surface area contributed by atoms with Crippen LogP contribution in [-0.2, 0) is 4.74 Å². The van der Waals surface area contributed by atoms with Crippen LogP contribution in [0.15, 0.2) is 0 Å². The normalized spacial score (nSPS) is 21.7. The van der Waals surface area contributed by atoms with Gasteiger partial charge in [0.25, 0.3) is 0 Å². The van der Waals surface area contributed by atoms with Crippen molar-refractivity contribution in [1.82, 2.24) is 0 Å². The molecule has 0 saturated carbocycles. The minimum atomic E-state index is 0.498. The fourth-order valence-corrected chi connectivity index (χ4v) is 1.14. The van der Waals surface area contributed by atoms with Gasteiger partial charge in [-0.1, -0.05) is 46.5 Å². The minimum absolute atomic E-state index is 0.498. The maximum Gasteiger partial charge on any atom is 0.0897 e.